The number of anilines is 1. The van der Waals surface area contributed by atoms with Gasteiger partial charge < -0.3 is 14.2 Å². The van der Waals surface area contributed by atoms with E-state index in [4.69, 9.17) is 14.2 Å². The summed E-state index contributed by atoms with van der Waals surface area (Å²) in [6.07, 6.45) is 1.40. The van der Waals surface area contributed by atoms with Crippen molar-refractivity contribution in [3.8, 4) is 17.2 Å². The molecule has 1 N–H and O–H groups in total. The van der Waals surface area contributed by atoms with E-state index in [-0.39, 0.29) is 4.90 Å². The summed E-state index contributed by atoms with van der Waals surface area (Å²) >= 11 is 0. The smallest absolute Gasteiger partial charge is 0.264 e. The summed E-state index contributed by atoms with van der Waals surface area (Å²) < 4.78 is 43.6. The number of carbonyl (C=O) groups is 1. The molecule has 3 rings (SSSR count). The van der Waals surface area contributed by atoms with Gasteiger partial charge in [0, 0.05) is 5.56 Å². The van der Waals surface area contributed by atoms with Crippen LogP contribution in [0.25, 0.3) is 0 Å². The molecule has 35 heavy (non-hydrogen) atoms. The molecule has 0 bridgehead atoms. The molecule has 0 aromatic heterocycles. The van der Waals surface area contributed by atoms with Gasteiger partial charge in [0.1, 0.15) is 12.3 Å². The van der Waals surface area contributed by atoms with Gasteiger partial charge in [-0.05, 0) is 55.5 Å². The Kier molecular flexibility index (Phi) is 8.32. The molecule has 0 spiro atoms. The number of nitrogens with one attached hydrogen (secondary N) is 1. The molecule has 0 saturated heterocycles. The summed E-state index contributed by atoms with van der Waals surface area (Å²) in [5, 5.41) is 3.97. The highest BCUT2D eigenvalue weighted by Gasteiger charge is 2.27. The highest BCUT2D eigenvalue weighted by Crippen LogP contribution is 2.29. The second-order valence-corrected chi connectivity index (χ2v) is 9.26. The van der Waals surface area contributed by atoms with Crippen molar-refractivity contribution < 1.29 is 27.4 Å². The fourth-order valence-electron chi connectivity index (χ4n) is 3.25. The third-order valence-corrected chi connectivity index (χ3v) is 6.87. The molecule has 0 aliphatic heterocycles. The van der Waals surface area contributed by atoms with E-state index >= 15 is 0 Å². The van der Waals surface area contributed by atoms with E-state index in [2.05, 4.69) is 10.5 Å². The minimum atomic E-state index is -4.06. The number of ether oxygens (including phenoxy) is 3. The zero-order valence-corrected chi connectivity index (χ0v) is 20.7. The maximum atomic E-state index is 13.4. The molecule has 0 saturated carbocycles. The summed E-state index contributed by atoms with van der Waals surface area (Å²) in [7, 11) is 0.453. The minimum Gasteiger partial charge on any atom is -0.497 e. The molecule has 9 nitrogen and oxygen atoms in total. The first-order valence-corrected chi connectivity index (χ1v) is 12.0. The first-order chi connectivity index (χ1) is 16.8. The van der Waals surface area contributed by atoms with E-state index < -0.39 is 22.5 Å². The fraction of sp³-hybridized carbons (Fsp3) is 0.200. The topological polar surface area (TPSA) is 107 Å². The second kappa shape index (κ2) is 11.4. The highest BCUT2D eigenvalue weighted by molar-refractivity contribution is 7.92. The van der Waals surface area contributed by atoms with Crippen molar-refractivity contribution in [2.24, 2.45) is 5.10 Å². The van der Waals surface area contributed by atoms with Gasteiger partial charge in [-0.15, -0.1) is 0 Å². The summed E-state index contributed by atoms with van der Waals surface area (Å²) in [5.41, 5.74) is 4.26. The van der Waals surface area contributed by atoms with Crippen LogP contribution in [0.4, 0.5) is 5.69 Å². The van der Waals surface area contributed by atoms with Crippen LogP contribution in [-0.2, 0) is 14.8 Å². The quantitative estimate of drug-likeness (QED) is 0.340. The van der Waals surface area contributed by atoms with Crippen molar-refractivity contribution in [2.75, 3.05) is 32.2 Å². The van der Waals surface area contributed by atoms with Gasteiger partial charge in [-0.25, -0.2) is 13.8 Å². The highest BCUT2D eigenvalue weighted by atomic mass is 32.2. The Labute approximate surface area is 205 Å². The van der Waals surface area contributed by atoms with E-state index in [1.54, 1.807) is 54.6 Å². The Morgan fingerprint density at radius 2 is 1.63 bits per heavy atom. The van der Waals surface area contributed by atoms with Gasteiger partial charge in [-0.3, -0.25) is 9.10 Å². The van der Waals surface area contributed by atoms with Crippen LogP contribution in [0, 0.1) is 6.92 Å². The van der Waals surface area contributed by atoms with Crippen LogP contribution in [0.3, 0.4) is 0 Å². The average molecular weight is 498 g/mol. The number of nitrogens with zero attached hydrogens (tertiary/aromatic N) is 2. The van der Waals surface area contributed by atoms with Crippen LogP contribution in [0.15, 0.2) is 76.7 Å². The number of hydrogen-bond acceptors (Lipinski definition) is 7. The number of sulfonamides is 1. The van der Waals surface area contributed by atoms with Crippen molar-refractivity contribution in [2.45, 2.75) is 11.8 Å². The average Bonchev–Trinajstić information content (AvgIpc) is 2.87. The summed E-state index contributed by atoms with van der Waals surface area (Å²) in [6, 6.07) is 18.0. The number of amides is 1. The number of hydrazone groups is 1. The van der Waals surface area contributed by atoms with Gasteiger partial charge in [0.25, 0.3) is 15.9 Å². The SMILES string of the molecule is COc1ccc(S(=O)(=O)N(CC(=O)N/N=C\c2cccc(OC)c2OC)c2ccc(C)cc2)cc1. The maximum Gasteiger partial charge on any atom is 0.264 e. The number of carbonyl (C=O) groups excluding carboxylic acids is 1. The summed E-state index contributed by atoms with van der Waals surface area (Å²) in [6.45, 7) is 1.41. The molecule has 0 unspecified atom stereocenters. The van der Waals surface area contributed by atoms with Gasteiger partial charge in [0.05, 0.1) is 38.1 Å². The number of rotatable bonds is 10. The standard InChI is InChI=1S/C25H27N3O6S/c1-18-8-10-20(11-9-18)28(35(30,31)22-14-12-21(32-2)13-15-22)17-24(29)27-26-16-19-6-5-7-23(33-3)25(19)34-4/h5-16H,17H2,1-4H3,(H,27,29)/b26-16-. The van der Waals surface area contributed by atoms with Crippen LogP contribution in [-0.4, -0.2) is 48.4 Å². The van der Waals surface area contributed by atoms with Crippen molar-refractivity contribution in [3.63, 3.8) is 0 Å². The number of hydrogen-bond donors (Lipinski definition) is 1. The Balaban J connectivity index is 1.85. The van der Waals surface area contributed by atoms with Crippen LogP contribution in [0.1, 0.15) is 11.1 Å². The summed E-state index contributed by atoms with van der Waals surface area (Å²) in [5.74, 6) is 0.863. The Morgan fingerprint density at radius 3 is 2.23 bits per heavy atom. The fourth-order valence-corrected chi connectivity index (χ4v) is 4.68. The third-order valence-electron chi connectivity index (χ3n) is 5.08. The molecular formula is C25H27N3O6S. The molecule has 0 aliphatic rings. The van der Waals surface area contributed by atoms with Gasteiger partial charge in [-0.2, -0.15) is 5.10 Å². The van der Waals surface area contributed by atoms with Gasteiger partial charge in [-0.1, -0.05) is 23.8 Å². The van der Waals surface area contributed by atoms with Gasteiger partial charge in [0.15, 0.2) is 11.5 Å². The number of benzene rings is 3. The first-order valence-electron chi connectivity index (χ1n) is 10.6. The molecule has 0 fully saturated rings. The Bertz CT molecular complexity index is 1290. The Morgan fingerprint density at radius 1 is 0.943 bits per heavy atom. The van der Waals surface area contributed by atoms with E-state index in [0.29, 0.717) is 28.5 Å². The normalized spacial score (nSPS) is 11.2. The molecule has 10 heteroatoms. The monoisotopic (exact) mass is 497 g/mol. The molecular weight excluding hydrogens is 470 g/mol. The van der Waals surface area contributed by atoms with Gasteiger partial charge in [0.2, 0.25) is 0 Å². The second-order valence-electron chi connectivity index (χ2n) is 7.40. The van der Waals surface area contributed by atoms with Crippen LogP contribution < -0.4 is 23.9 Å². The van der Waals surface area contributed by atoms with E-state index in [1.165, 1.54) is 39.7 Å². The molecule has 0 atom stereocenters. The van der Waals surface area contributed by atoms with Crippen molar-refractivity contribution >= 4 is 27.8 Å². The molecule has 184 valence electrons. The van der Waals surface area contributed by atoms with E-state index in [0.717, 1.165) is 9.87 Å². The summed E-state index contributed by atoms with van der Waals surface area (Å²) in [4.78, 5) is 12.8. The predicted octanol–water partition coefficient (Wildman–Crippen LogP) is 3.37. The zero-order valence-electron chi connectivity index (χ0n) is 19.9. The van der Waals surface area contributed by atoms with Crippen LogP contribution in [0.5, 0.6) is 17.2 Å². The lowest BCUT2D eigenvalue weighted by Gasteiger charge is -2.24. The lowest BCUT2D eigenvalue weighted by molar-refractivity contribution is -0.119. The van der Waals surface area contributed by atoms with E-state index in [9.17, 15) is 13.2 Å². The lowest BCUT2D eigenvalue weighted by Crippen LogP contribution is -2.39. The number of para-hydroxylation sites is 1. The van der Waals surface area contributed by atoms with Crippen molar-refractivity contribution in [3.05, 3.63) is 77.9 Å². The molecule has 0 heterocycles. The minimum absolute atomic E-state index is 0.0243. The molecule has 0 radical (unpaired) electrons. The van der Waals surface area contributed by atoms with E-state index in [1.807, 2.05) is 6.92 Å². The van der Waals surface area contributed by atoms with Crippen LogP contribution >= 0.6 is 0 Å². The number of aryl methyl sites for hydroxylation is 1. The largest absolute Gasteiger partial charge is 0.497 e. The Hall–Kier alpha value is -4.05. The molecule has 3 aromatic rings. The van der Waals surface area contributed by atoms with Crippen molar-refractivity contribution in [1.29, 1.82) is 0 Å². The zero-order chi connectivity index (χ0) is 25.4. The van der Waals surface area contributed by atoms with Gasteiger partial charge >= 0.3 is 0 Å². The molecule has 3 aromatic carbocycles. The molecule has 1 amide bonds. The maximum absolute atomic E-state index is 13.4. The first kappa shape index (κ1) is 25.6. The third kappa shape index (κ3) is 6.10. The predicted molar refractivity (Wildman–Crippen MR) is 134 cm³/mol. The lowest BCUT2D eigenvalue weighted by atomic mass is 10.2. The van der Waals surface area contributed by atoms with Crippen molar-refractivity contribution in [1.82, 2.24) is 5.43 Å². The number of methoxy groups -OCH3 is 3. The molecule has 0 aliphatic carbocycles. The van der Waals surface area contributed by atoms with Crippen LogP contribution in [0.2, 0.25) is 0 Å².